The Morgan fingerprint density at radius 2 is 1.97 bits per heavy atom. The topological polar surface area (TPSA) is 90.9 Å². The molecule has 6 rings (SSSR count). The Balaban J connectivity index is 1.22. The van der Waals surface area contributed by atoms with Crippen LogP contribution in [-0.4, -0.2) is 32.2 Å². The van der Waals surface area contributed by atoms with Gasteiger partial charge in [-0.05, 0) is 54.5 Å². The molecular weight excluding hydrogens is 400 g/mol. The number of benzene rings is 2. The van der Waals surface area contributed by atoms with E-state index < -0.39 is 5.60 Å². The Morgan fingerprint density at radius 1 is 1.17 bits per heavy atom. The molecule has 3 N–H and O–H groups in total. The molecule has 2 aromatic carbocycles. The molecule has 150 valence electrons. The van der Waals surface area contributed by atoms with E-state index in [-0.39, 0.29) is 23.8 Å². The van der Waals surface area contributed by atoms with Crippen molar-refractivity contribution >= 4 is 39.3 Å². The number of hydrogen-bond acceptors (Lipinski definition) is 4. The van der Waals surface area contributed by atoms with Crippen molar-refractivity contribution in [2.75, 3.05) is 0 Å². The number of nitrogens with zero attached hydrogens (tertiary/aromatic N) is 2. The molecule has 0 aliphatic heterocycles. The number of nitrogens with one attached hydrogen (secondary N) is 2. The van der Waals surface area contributed by atoms with Crippen LogP contribution in [0.4, 0.5) is 0 Å². The maximum Gasteiger partial charge on any atom is 0.252 e. The smallest absolute Gasteiger partial charge is 0.252 e. The Labute approximate surface area is 177 Å². The van der Waals surface area contributed by atoms with E-state index in [1.807, 2.05) is 36.4 Å². The second-order valence-corrected chi connectivity index (χ2v) is 8.86. The molecule has 2 aliphatic carbocycles. The number of amides is 1. The summed E-state index contributed by atoms with van der Waals surface area (Å²) in [6.45, 7) is 0. The summed E-state index contributed by atoms with van der Waals surface area (Å²) in [6.07, 6.45) is 4.59. The molecule has 0 saturated heterocycles. The predicted octanol–water partition coefficient (Wildman–Crippen LogP) is 3.79. The molecule has 0 bridgehead atoms. The van der Waals surface area contributed by atoms with Crippen LogP contribution in [0.1, 0.15) is 28.8 Å². The van der Waals surface area contributed by atoms with Crippen LogP contribution in [0.15, 0.2) is 54.9 Å². The first-order chi connectivity index (χ1) is 14.5. The third kappa shape index (κ3) is 2.64. The maximum atomic E-state index is 12.9. The van der Waals surface area contributed by atoms with E-state index in [1.165, 1.54) is 0 Å². The van der Waals surface area contributed by atoms with Crippen molar-refractivity contribution in [3.05, 3.63) is 71.0 Å². The van der Waals surface area contributed by atoms with Crippen LogP contribution in [0.5, 0.6) is 0 Å². The third-order valence-electron chi connectivity index (χ3n) is 6.69. The Kier molecular flexibility index (Phi) is 3.73. The Hall–Kier alpha value is -2.96. The Morgan fingerprint density at radius 3 is 2.80 bits per heavy atom. The number of rotatable bonds is 3. The summed E-state index contributed by atoms with van der Waals surface area (Å²) >= 11 is 6.26. The van der Waals surface area contributed by atoms with Crippen LogP contribution < -0.4 is 5.32 Å². The lowest BCUT2D eigenvalue weighted by molar-refractivity contribution is 0.0293. The van der Waals surface area contributed by atoms with Crippen LogP contribution in [0.25, 0.3) is 21.8 Å². The average Bonchev–Trinajstić information content (AvgIpc) is 3.11. The number of carbonyl (C=O) groups is 1. The summed E-state index contributed by atoms with van der Waals surface area (Å²) < 4.78 is 0. The molecule has 4 atom stereocenters. The molecule has 2 fully saturated rings. The SMILES string of the molecule is O=C(N[C@H]1[C@@H]2C[C@](O)(c3cc(Cl)cc4[nH]ncc34)C[C@@H]21)c1ccnc2ccccc12. The molecule has 0 unspecified atom stereocenters. The minimum Gasteiger partial charge on any atom is -0.385 e. The maximum absolute atomic E-state index is 12.9. The summed E-state index contributed by atoms with van der Waals surface area (Å²) in [4.78, 5) is 17.2. The summed E-state index contributed by atoms with van der Waals surface area (Å²) in [5.41, 5.74) is 2.13. The molecule has 2 aliphatic rings. The van der Waals surface area contributed by atoms with E-state index >= 15 is 0 Å². The summed E-state index contributed by atoms with van der Waals surface area (Å²) in [7, 11) is 0. The van der Waals surface area contributed by atoms with Crippen molar-refractivity contribution in [1.82, 2.24) is 20.5 Å². The first-order valence-corrected chi connectivity index (χ1v) is 10.4. The lowest BCUT2D eigenvalue weighted by Crippen LogP contribution is -2.33. The van der Waals surface area contributed by atoms with Gasteiger partial charge in [-0.1, -0.05) is 29.8 Å². The van der Waals surface area contributed by atoms with Gasteiger partial charge in [0.25, 0.3) is 5.91 Å². The largest absolute Gasteiger partial charge is 0.385 e. The highest BCUT2D eigenvalue weighted by Crippen LogP contribution is 2.60. The van der Waals surface area contributed by atoms with Crippen molar-refractivity contribution in [2.45, 2.75) is 24.5 Å². The zero-order valence-corrected chi connectivity index (χ0v) is 16.7. The molecular formula is C23H19ClN4O2. The number of aromatic amines is 1. The minimum absolute atomic E-state index is 0.0866. The van der Waals surface area contributed by atoms with Gasteiger partial charge < -0.3 is 10.4 Å². The normalized spacial score (nSPS) is 27.3. The standard InChI is InChI=1S/C23H19ClN4O2/c24-12-7-18(17-11-26-28-20(17)8-12)23(30)9-15-16(10-23)21(15)27-22(29)14-5-6-25-19-4-2-1-3-13(14)19/h1-8,11,15-16,21,30H,9-10H2,(H,26,28)(H,27,29)/t15-,16+,21+,23-. The van der Waals surface area contributed by atoms with E-state index in [2.05, 4.69) is 20.5 Å². The quantitative estimate of drug-likeness (QED) is 0.472. The van der Waals surface area contributed by atoms with E-state index in [0.29, 0.717) is 23.4 Å². The number of para-hydroxylation sites is 1. The molecule has 6 nitrogen and oxygen atoms in total. The van der Waals surface area contributed by atoms with E-state index in [4.69, 9.17) is 11.6 Å². The summed E-state index contributed by atoms with van der Waals surface area (Å²) in [5, 5.41) is 23.9. The molecule has 4 aromatic rings. The van der Waals surface area contributed by atoms with Gasteiger partial charge in [0.15, 0.2) is 0 Å². The monoisotopic (exact) mass is 418 g/mol. The minimum atomic E-state index is -0.951. The zero-order valence-electron chi connectivity index (χ0n) is 16.0. The highest BCUT2D eigenvalue weighted by Gasteiger charge is 2.62. The number of carbonyl (C=O) groups excluding carboxylic acids is 1. The van der Waals surface area contributed by atoms with Gasteiger partial charge in [-0.2, -0.15) is 5.10 Å². The van der Waals surface area contributed by atoms with E-state index in [1.54, 1.807) is 18.5 Å². The number of aromatic nitrogens is 3. The first kappa shape index (κ1) is 17.9. The zero-order chi connectivity index (χ0) is 20.5. The van der Waals surface area contributed by atoms with Gasteiger partial charge in [-0.15, -0.1) is 0 Å². The van der Waals surface area contributed by atoms with Crippen LogP contribution in [0.2, 0.25) is 5.02 Å². The van der Waals surface area contributed by atoms with Gasteiger partial charge in [0.05, 0.1) is 28.4 Å². The van der Waals surface area contributed by atoms with Crippen LogP contribution in [-0.2, 0) is 5.60 Å². The van der Waals surface area contributed by atoms with Gasteiger partial charge in [0, 0.05) is 28.0 Å². The summed E-state index contributed by atoms with van der Waals surface area (Å²) in [5.74, 6) is 0.428. The molecule has 0 radical (unpaired) electrons. The highest BCUT2D eigenvalue weighted by atomic mass is 35.5. The molecule has 2 heterocycles. The van der Waals surface area contributed by atoms with Gasteiger partial charge in [-0.25, -0.2) is 0 Å². The molecule has 7 heteroatoms. The summed E-state index contributed by atoms with van der Waals surface area (Å²) in [6, 6.07) is 13.1. The van der Waals surface area contributed by atoms with Crippen molar-refractivity contribution in [3.8, 4) is 0 Å². The van der Waals surface area contributed by atoms with Gasteiger partial charge in [0.1, 0.15) is 0 Å². The van der Waals surface area contributed by atoms with Gasteiger partial charge >= 0.3 is 0 Å². The van der Waals surface area contributed by atoms with Crippen LogP contribution in [0.3, 0.4) is 0 Å². The highest BCUT2D eigenvalue weighted by molar-refractivity contribution is 6.31. The van der Waals surface area contributed by atoms with Crippen molar-refractivity contribution in [3.63, 3.8) is 0 Å². The van der Waals surface area contributed by atoms with E-state index in [0.717, 1.165) is 27.4 Å². The lowest BCUT2D eigenvalue weighted by atomic mass is 9.86. The predicted molar refractivity (Wildman–Crippen MR) is 114 cm³/mol. The van der Waals surface area contributed by atoms with E-state index in [9.17, 15) is 9.90 Å². The van der Waals surface area contributed by atoms with Crippen molar-refractivity contribution in [2.24, 2.45) is 11.8 Å². The number of aliphatic hydroxyl groups is 1. The lowest BCUT2D eigenvalue weighted by Gasteiger charge is -2.27. The fourth-order valence-corrected chi connectivity index (χ4v) is 5.44. The first-order valence-electron chi connectivity index (χ1n) is 10.0. The molecule has 2 aromatic heterocycles. The van der Waals surface area contributed by atoms with Crippen LogP contribution >= 0.6 is 11.6 Å². The number of halogens is 1. The molecule has 30 heavy (non-hydrogen) atoms. The molecule has 2 saturated carbocycles. The van der Waals surface area contributed by atoms with Gasteiger partial charge in [0.2, 0.25) is 0 Å². The molecule has 1 amide bonds. The second kappa shape index (κ2) is 6.27. The third-order valence-corrected chi connectivity index (χ3v) is 6.91. The Bertz CT molecular complexity index is 1300. The fraction of sp³-hybridized carbons (Fsp3) is 0.261. The average molecular weight is 419 g/mol. The fourth-order valence-electron chi connectivity index (χ4n) is 5.22. The van der Waals surface area contributed by atoms with Gasteiger partial charge in [-0.3, -0.25) is 14.9 Å². The number of pyridine rings is 1. The van der Waals surface area contributed by atoms with Crippen molar-refractivity contribution in [1.29, 1.82) is 0 Å². The van der Waals surface area contributed by atoms with Crippen LogP contribution in [0, 0.1) is 11.8 Å². The second-order valence-electron chi connectivity index (χ2n) is 8.43. The number of hydrogen-bond donors (Lipinski definition) is 3. The number of H-pyrrole nitrogens is 1. The molecule has 0 spiro atoms. The van der Waals surface area contributed by atoms with Crippen molar-refractivity contribution < 1.29 is 9.90 Å². The number of fused-ring (bicyclic) bond motifs is 3.